The van der Waals surface area contributed by atoms with E-state index in [4.69, 9.17) is 5.73 Å². The van der Waals surface area contributed by atoms with E-state index in [2.05, 4.69) is 57.0 Å². The van der Waals surface area contributed by atoms with E-state index >= 15 is 0 Å². The molecule has 2 nitrogen and oxygen atoms in total. The van der Waals surface area contributed by atoms with Gasteiger partial charge in [-0.15, -0.1) is 0 Å². The molecule has 3 atom stereocenters. The Labute approximate surface area is 124 Å². The SMILES string of the molecule is Cc1ccccc1N(C)CC1CC(C(C)C)CCC1N. The smallest absolute Gasteiger partial charge is 0.0393 e. The van der Waals surface area contributed by atoms with Crippen molar-refractivity contribution in [2.45, 2.75) is 46.1 Å². The largest absolute Gasteiger partial charge is 0.374 e. The number of nitrogens with zero attached hydrogens (tertiary/aromatic N) is 1. The standard InChI is InChI=1S/C18H30N2/c1-13(2)15-9-10-17(19)16(11-15)12-20(4)18-8-6-5-7-14(18)3/h5-8,13,15-17H,9-12,19H2,1-4H3. The third-order valence-corrected chi connectivity index (χ3v) is 5.06. The van der Waals surface area contributed by atoms with Crippen molar-refractivity contribution < 1.29 is 0 Å². The molecule has 1 aliphatic carbocycles. The molecule has 0 saturated heterocycles. The van der Waals surface area contributed by atoms with Crippen molar-refractivity contribution in [3.8, 4) is 0 Å². The second-order valence-electron chi connectivity index (χ2n) is 6.91. The fourth-order valence-electron chi connectivity index (χ4n) is 3.58. The number of nitrogens with two attached hydrogens (primary N) is 1. The van der Waals surface area contributed by atoms with Gasteiger partial charge in [-0.1, -0.05) is 32.0 Å². The van der Waals surface area contributed by atoms with Gasteiger partial charge < -0.3 is 10.6 Å². The Morgan fingerprint density at radius 1 is 1.25 bits per heavy atom. The molecule has 1 aromatic rings. The van der Waals surface area contributed by atoms with E-state index in [1.165, 1.54) is 30.5 Å². The molecule has 0 spiro atoms. The highest BCUT2D eigenvalue weighted by Gasteiger charge is 2.30. The molecule has 1 aliphatic rings. The fraction of sp³-hybridized carbons (Fsp3) is 0.667. The Balaban J connectivity index is 2.02. The van der Waals surface area contributed by atoms with Crippen LogP contribution in [0.4, 0.5) is 5.69 Å². The number of anilines is 1. The molecule has 0 amide bonds. The van der Waals surface area contributed by atoms with Gasteiger partial charge in [0, 0.05) is 25.3 Å². The zero-order valence-electron chi connectivity index (χ0n) is 13.5. The van der Waals surface area contributed by atoms with Crippen LogP contribution in [0.15, 0.2) is 24.3 Å². The molecule has 0 radical (unpaired) electrons. The predicted octanol–water partition coefficient (Wildman–Crippen LogP) is 3.83. The van der Waals surface area contributed by atoms with Crippen molar-refractivity contribution in [2.24, 2.45) is 23.5 Å². The number of hydrogen-bond acceptors (Lipinski definition) is 2. The second-order valence-corrected chi connectivity index (χ2v) is 6.91. The first kappa shape index (κ1) is 15.4. The Morgan fingerprint density at radius 2 is 1.95 bits per heavy atom. The lowest BCUT2D eigenvalue weighted by molar-refractivity contribution is 0.193. The molecule has 20 heavy (non-hydrogen) atoms. The van der Waals surface area contributed by atoms with Gasteiger partial charge in [0.25, 0.3) is 0 Å². The van der Waals surface area contributed by atoms with Crippen LogP contribution >= 0.6 is 0 Å². The number of para-hydroxylation sites is 1. The van der Waals surface area contributed by atoms with Gasteiger partial charge in [0.05, 0.1) is 0 Å². The Kier molecular flexibility index (Phi) is 5.09. The van der Waals surface area contributed by atoms with E-state index in [0.29, 0.717) is 12.0 Å². The number of rotatable bonds is 4. The number of hydrogen-bond donors (Lipinski definition) is 1. The maximum absolute atomic E-state index is 6.38. The molecule has 2 N–H and O–H groups in total. The third-order valence-electron chi connectivity index (χ3n) is 5.06. The minimum atomic E-state index is 0.372. The zero-order chi connectivity index (χ0) is 14.7. The molecule has 0 aliphatic heterocycles. The van der Waals surface area contributed by atoms with Crippen LogP contribution in [0.1, 0.15) is 38.7 Å². The number of aryl methyl sites for hydroxylation is 1. The first-order valence-corrected chi connectivity index (χ1v) is 8.01. The van der Waals surface area contributed by atoms with E-state index in [1.807, 2.05) is 0 Å². The normalized spacial score (nSPS) is 26.8. The Bertz CT molecular complexity index is 427. The average molecular weight is 274 g/mol. The topological polar surface area (TPSA) is 29.3 Å². The van der Waals surface area contributed by atoms with E-state index in [0.717, 1.165) is 18.4 Å². The maximum atomic E-state index is 6.38. The summed E-state index contributed by atoms with van der Waals surface area (Å²) in [6, 6.07) is 8.99. The quantitative estimate of drug-likeness (QED) is 0.904. The van der Waals surface area contributed by atoms with Crippen molar-refractivity contribution in [3.63, 3.8) is 0 Å². The predicted molar refractivity (Wildman–Crippen MR) is 88.1 cm³/mol. The molecular formula is C18H30N2. The molecule has 1 aromatic carbocycles. The lowest BCUT2D eigenvalue weighted by Crippen LogP contribution is -2.43. The molecule has 112 valence electrons. The highest BCUT2D eigenvalue weighted by molar-refractivity contribution is 5.52. The van der Waals surface area contributed by atoms with Crippen LogP contribution < -0.4 is 10.6 Å². The lowest BCUT2D eigenvalue weighted by Gasteiger charge is -2.38. The van der Waals surface area contributed by atoms with Crippen LogP contribution in [0.25, 0.3) is 0 Å². The first-order chi connectivity index (χ1) is 9.49. The van der Waals surface area contributed by atoms with Gasteiger partial charge in [0.2, 0.25) is 0 Å². The third kappa shape index (κ3) is 3.54. The first-order valence-electron chi connectivity index (χ1n) is 8.01. The summed E-state index contributed by atoms with van der Waals surface area (Å²) in [5.74, 6) is 2.26. The van der Waals surface area contributed by atoms with Crippen LogP contribution in [0.2, 0.25) is 0 Å². The molecule has 2 heteroatoms. The molecule has 3 unspecified atom stereocenters. The summed E-state index contributed by atoms with van der Waals surface area (Å²) >= 11 is 0. The van der Waals surface area contributed by atoms with Crippen LogP contribution in [0.5, 0.6) is 0 Å². The van der Waals surface area contributed by atoms with Gasteiger partial charge in [-0.25, -0.2) is 0 Å². The van der Waals surface area contributed by atoms with Crippen LogP contribution in [-0.2, 0) is 0 Å². The van der Waals surface area contributed by atoms with Gasteiger partial charge in [-0.3, -0.25) is 0 Å². The fourth-order valence-corrected chi connectivity index (χ4v) is 3.58. The summed E-state index contributed by atoms with van der Waals surface area (Å²) in [7, 11) is 2.20. The van der Waals surface area contributed by atoms with Gasteiger partial charge >= 0.3 is 0 Å². The van der Waals surface area contributed by atoms with Crippen molar-refractivity contribution in [3.05, 3.63) is 29.8 Å². The van der Waals surface area contributed by atoms with Crippen molar-refractivity contribution in [1.29, 1.82) is 0 Å². The zero-order valence-corrected chi connectivity index (χ0v) is 13.5. The van der Waals surface area contributed by atoms with E-state index in [1.54, 1.807) is 0 Å². The minimum Gasteiger partial charge on any atom is -0.374 e. The van der Waals surface area contributed by atoms with Gasteiger partial charge in [0.15, 0.2) is 0 Å². The van der Waals surface area contributed by atoms with Gasteiger partial charge in [-0.05, 0) is 55.6 Å². The highest BCUT2D eigenvalue weighted by Crippen LogP contribution is 2.34. The number of benzene rings is 1. The van der Waals surface area contributed by atoms with Crippen molar-refractivity contribution >= 4 is 5.69 Å². The van der Waals surface area contributed by atoms with E-state index in [-0.39, 0.29) is 0 Å². The monoisotopic (exact) mass is 274 g/mol. The Hall–Kier alpha value is -1.02. The summed E-state index contributed by atoms with van der Waals surface area (Å²) in [5, 5.41) is 0. The van der Waals surface area contributed by atoms with Crippen molar-refractivity contribution in [2.75, 3.05) is 18.5 Å². The highest BCUT2D eigenvalue weighted by atomic mass is 15.1. The molecule has 2 rings (SSSR count). The second kappa shape index (κ2) is 6.62. The lowest BCUT2D eigenvalue weighted by atomic mass is 9.73. The molecule has 0 bridgehead atoms. The van der Waals surface area contributed by atoms with Crippen LogP contribution in [-0.4, -0.2) is 19.6 Å². The van der Waals surface area contributed by atoms with E-state index < -0.39 is 0 Å². The summed E-state index contributed by atoms with van der Waals surface area (Å²) in [4.78, 5) is 2.39. The summed E-state index contributed by atoms with van der Waals surface area (Å²) < 4.78 is 0. The maximum Gasteiger partial charge on any atom is 0.0393 e. The summed E-state index contributed by atoms with van der Waals surface area (Å²) in [5.41, 5.74) is 9.07. The van der Waals surface area contributed by atoms with E-state index in [9.17, 15) is 0 Å². The van der Waals surface area contributed by atoms with Gasteiger partial charge in [0.1, 0.15) is 0 Å². The van der Waals surface area contributed by atoms with Crippen molar-refractivity contribution in [1.82, 2.24) is 0 Å². The minimum absolute atomic E-state index is 0.372. The summed E-state index contributed by atoms with van der Waals surface area (Å²) in [6.07, 6.45) is 3.79. The average Bonchev–Trinajstić information content (AvgIpc) is 2.41. The molecule has 1 saturated carbocycles. The van der Waals surface area contributed by atoms with Gasteiger partial charge in [-0.2, -0.15) is 0 Å². The molecular weight excluding hydrogens is 244 g/mol. The molecule has 0 heterocycles. The molecule has 1 fully saturated rings. The van der Waals surface area contributed by atoms with Crippen LogP contribution in [0, 0.1) is 24.7 Å². The Morgan fingerprint density at radius 3 is 2.60 bits per heavy atom. The summed E-state index contributed by atoms with van der Waals surface area (Å²) in [6.45, 7) is 7.96. The van der Waals surface area contributed by atoms with Crippen LogP contribution in [0.3, 0.4) is 0 Å². The molecule has 0 aromatic heterocycles.